The van der Waals surface area contributed by atoms with Crippen molar-refractivity contribution in [3.8, 4) is 0 Å². The van der Waals surface area contributed by atoms with Crippen molar-refractivity contribution in [3.63, 3.8) is 0 Å². The summed E-state index contributed by atoms with van der Waals surface area (Å²) in [5.74, 6) is -0.775. The maximum absolute atomic E-state index is 12.5. The highest BCUT2D eigenvalue weighted by molar-refractivity contribution is 5.99. The molecule has 9 heteroatoms. The Hall–Kier alpha value is -3.23. The molecule has 0 spiro atoms. The Morgan fingerprint density at radius 2 is 1.97 bits per heavy atom. The Bertz CT molecular complexity index is 1120. The number of carbonyl (C=O) groups excluding carboxylic acids is 2. The topological polar surface area (TPSA) is 101 Å². The van der Waals surface area contributed by atoms with Gasteiger partial charge in [0.2, 0.25) is 5.78 Å². The summed E-state index contributed by atoms with van der Waals surface area (Å²) in [5.41, 5.74) is 2.69. The Labute approximate surface area is 167 Å². The van der Waals surface area contributed by atoms with Crippen LogP contribution in [0.5, 0.6) is 0 Å². The zero-order chi connectivity index (χ0) is 21.1. The highest BCUT2D eigenvalue weighted by Crippen LogP contribution is 2.16. The van der Waals surface area contributed by atoms with Crippen molar-refractivity contribution in [1.29, 1.82) is 0 Å². The largest absolute Gasteiger partial charge is 0.457 e. The number of fused-ring (bicyclic) bond motifs is 1. The Morgan fingerprint density at radius 3 is 2.69 bits per heavy atom. The van der Waals surface area contributed by atoms with E-state index in [0.29, 0.717) is 16.6 Å². The number of esters is 1. The quantitative estimate of drug-likeness (QED) is 0.423. The summed E-state index contributed by atoms with van der Waals surface area (Å²) < 4.78 is 10.1. The van der Waals surface area contributed by atoms with Crippen LogP contribution in [0.2, 0.25) is 0 Å². The third-order valence-corrected chi connectivity index (χ3v) is 4.96. The van der Waals surface area contributed by atoms with Crippen LogP contribution in [0.15, 0.2) is 23.4 Å². The van der Waals surface area contributed by atoms with Gasteiger partial charge in [-0.15, -0.1) is 0 Å². The van der Waals surface area contributed by atoms with Gasteiger partial charge in [0.1, 0.15) is 5.39 Å². The molecule has 0 unspecified atom stereocenters. The van der Waals surface area contributed by atoms with Gasteiger partial charge < -0.3 is 9.30 Å². The molecule has 0 radical (unpaired) electrons. The van der Waals surface area contributed by atoms with E-state index in [1.807, 2.05) is 19.9 Å². The SMILES string of the molecule is CCCn1c(C)cc(C(=O)COC(=O)CCn2cnc3c(cnn3C)c2=O)c1C. The number of nitrogens with zero attached hydrogens (tertiary/aromatic N) is 5. The van der Waals surface area contributed by atoms with Crippen molar-refractivity contribution in [2.75, 3.05) is 6.61 Å². The number of carbonyl (C=O) groups is 2. The van der Waals surface area contributed by atoms with Gasteiger partial charge in [-0.3, -0.25) is 23.6 Å². The minimum absolute atomic E-state index is 0.0322. The molecule has 0 saturated heterocycles. The second-order valence-corrected chi connectivity index (χ2v) is 7.02. The zero-order valence-electron chi connectivity index (χ0n) is 17.1. The first-order chi connectivity index (χ1) is 13.8. The van der Waals surface area contributed by atoms with Gasteiger partial charge in [-0.2, -0.15) is 5.10 Å². The molecule has 3 heterocycles. The molecule has 3 aromatic rings. The second kappa shape index (κ2) is 8.42. The minimum atomic E-state index is -0.543. The van der Waals surface area contributed by atoms with Crippen molar-refractivity contribution in [2.24, 2.45) is 7.05 Å². The van der Waals surface area contributed by atoms with Crippen molar-refractivity contribution >= 4 is 22.8 Å². The molecule has 0 aromatic carbocycles. The van der Waals surface area contributed by atoms with Crippen molar-refractivity contribution in [1.82, 2.24) is 23.9 Å². The maximum atomic E-state index is 12.5. The first-order valence-electron chi connectivity index (χ1n) is 9.56. The number of hydrogen-bond acceptors (Lipinski definition) is 6. The predicted molar refractivity (Wildman–Crippen MR) is 107 cm³/mol. The minimum Gasteiger partial charge on any atom is -0.457 e. The molecule has 9 nitrogen and oxygen atoms in total. The molecule has 0 N–H and O–H groups in total. The van der Waals surface area contributed by atoms with Gasteiger partial charge in [0.15, 0.2) is 12.3 Å². The molecule has 0 aliphatic carbocycles. The number of ketones is 1. The van der Waals surface area contributed by atoms with Crippen LogP contribution < -0.4 is 5.56 Å². The highest BCUT2D eigenvalue weighted by Gasteiger charge is 2.17. The lowest BCUT2D eigenvalue weighted by Gasteiger charge is -2.08. The van der Waals surface area contributed by atoms with Gasteiger partial charge in [-0.05, 0) is 26.3 Å². The monoisotopic (exact) mass is 399 g/mol. The van der Waals surface area contributed by atoms with Crippen LogP contribution in [0.1, 0.15) is 41.5 Å². The van der Waals surface area contributed by atoms with Crippen molar-refractivity contribution in [2.45, 2.75) is 46.7 Å². The van der Waals surface area contributed by atoms with E-state index in [1.54, 1.807) is 7.05 Å². The van der Waals surface area contributed by atoms with E-state index in [9.17, 15) is 14.4 Å². The summed E-state index contributed by atoms with van der Waals surface area (Å²) in [7, 11) is 1.70. The lowest BCUT2D eigenvalue weighted by molar-refractivity contribution is -0.142. The Kier molecular flexibility index (Phi) is 5.95. The van der Waals surface area contributed by atoms with Gasteiger partial charge in [0, 0.05) is 37.1 Å². The third kappa shape index (κ3) is 4.13. The van der Waals surface area contributed by atoms with Gasteiger partial charge in [-0.25, -0.2) is 4.98 Å². The Balaban J connectivity index is 1.58. The molecule has 29 heavy (non-hydrogen) atoms. The molecule has 3 rings (SSSR count). The van der Waals surface area contributed by atoms with E-state index in [-0.39, 0.29) is 30.9 Å². The van der Waals surface area contributed by atoms with Crippen molar-refractivity contribution in [3.05, 3.63) is 45.9 Å². The average molecular weight is 399 g/mol. The predicted octanol–water partition coefficient (Wildman–Crippen LogP) is 1.77. The van der Waals surface area contributed by atoms with E-state index in [0.717, 1.165) is 24.4 Å². The summed E-state index contributed by atoms with van der Waals surface area (Å²) >= 11 is 0. The normalized spacial score (nSPS) is 11.2. The molecule has 3 aromatic heterocycles. The van der Waals surface area contributed by atoms with Crippen LogP contribution >= 0.6 is 0 Å². The molecule has 0 saturated carbocycles. The zero-order valence-corrected chi connectivity index (χ0v) is 17.1. The smallest absolute Gasteiger partial charge is 0.308 e. The molecule has 0 bridgehead atoms. The molecule has 0 amide bonds. The molecular formula is C20H25N5O4. The summed E-state index contributed by atoms with van der Waals surface area (Å²) in [6, 6.07) is 1.83. The van der Waals surface area contributed by atoms with Crippen LogP contribution in [0.25, 0.3) is 11.0 Å². The summed E-state index contributed by atoms with van der Waals surface area (Å²) in [6.45, 7) is 6.57. The number of ether oxygens (including phenoxy) is 1. The van der Waals surface area contributed by atoms with Crippen LogP contribution in [-0.2, 0) is 29.7 Å². The third-order valence-electron chi connectivity index (χ3n) is 4.96. The van der Waals surface area contributed by atoms with Crippen LogP contribution in [0.4, 0.5) is 0 Å². The lowest BCUT2D eigenvalue weighted by Crippen LogP contribution is -2.23. The summed E-state index contributed by atoms with van der Waals surface area (Å²) in [4.78, 5) is 41.1. The van der Waals surface area contributed by atoms with E-state index >= 15 is 0 Å². The molecular weight excluding hydrogens is 374 g/mol. The van der Waals surface area contributed by atoms with Crippen LogP contribution in [0, 0.1) is 13.8 Å². The fourth-order valence-corrected chi connectivity index (χ4v) is 3.38. The van der Waals surface area contributed by atoms with E-state index in [2.05, 4.69) is 21.6 Å². The van der Waals surface area contributed by atoms with Crippen molar-refractivity contribution < 1.29 is 14.3 Å². The Morgan fingerprint density at radius 1 is 1.21 bits per heavy atom. The van der Waals surface area contributed by atoms with Gasteiger partial charge in [0.05, 0.1) is 18.9 Å². The van der Waals surface area contributed by atoms with Gasteiger partial charge in [0.25, 0.3) is 5.56 Å². The maximum Gasteiger partial charge on any atom is 0.308 e. The number of hydrogen-bond donors (Lipinski definition) is 0. The number of rotatable bonds is 8. The standard InChI is InChI=1S/C20H25N5O4/c1-5-7-25-13(2)9-15(14(25)3)17(26)11-29-18(27)6-8-24-12-21-19-16(20(24)28)10-22-23(19)4/h9-10,12H,5-8,11H2,1-4H3. The van der Waals surface area contributed by atoms with E-state index < -0.39 is 5.97 Å². The molecule has 0 atom stereocenters. The fourth-order valence-electron chi connectivity index (χ4n) is 3.38. The van der Waals surface area contributed by atoms with Crippen LogP contribution in [-0.4, -0.2) is 42.3 Å². The lowest BCUT2D eigenvalue weighted by atomic mass is 10.1. The van der Waals surface area contributed by atoms with E-state index in [1.165, 1.54) is 21.8 Å². The van der Waals surface area contributed by atoms with Gasteiger partial charge >= 0.3 is 5.97 Å². The average Bonchev–Trinajstić information content (AvgIpc) is 3.21. The number of aryl methyl sites for hydroxylation is 3. The number of Topliss-reactive ketones (excluding diaryl/α,β-unsaturated/α-hetero) is 1. The molecule has 154 valence electrons. The number of aromatic nitrogens is 5. The van der Waals surface area contributed by atoms with E-state index in [4.69, 9.17) is 4.74 Å². The molecule has 0 fully saturated rings. The summed E-state index contributed by atoms with van der Waals surface area (Å²) in [6.07, 6.45) is 3.77. The molecule has 0 aliphatic heterocycles. The first kappa shape index (κ1) is 20.5. The van der Waals surface area contributed by atoms with Crippen LogP contribution in [0.3, 0.4) is 0 Å². The highest BCUT2D eigenvalue weighted by atomic mass is 16.5. The van der Waals surface area contributed by atoms with Gasteiger partial charge in [-0.1, -0.05) is 6.92 Å². The molecule has 0 aliphatic rings. The first-order valence-corrected chi connectivity index (χ1v) is 9.56. The fraction of sp³-hybridized carbons (Fsp3) is 0.450. The summed E-state index contributed by atoms with van der Waals surface area (Å²) in [5, 5.41) is 4.40. The second-order valence-electron chi connectivity index (χ2n) is 7.02.